The van der Waals surface area contributed by atoms with Crippen molar-refractivity contribution in [2.75, 3.05) is 4.90 Å². The van der Waals surface area contributed by atoms with E-state index >= 15 is 0 Å². The molecule has 0 aliphatic carbocycles. The zero-order chi connectivity index (χ0) is 26.5. The second-order valence-corrected chi connectivity index (χ2v) is 9.42. The molecule has 8 heteroatoms. The average molecular weight is 538 g/mol. The molecule has 0 saturated carbocycles. The van der Waals surface area contributed by atoms with Gasteiger partial charge in [-0.2, -0.15) is 5.26 Å². The molecule has 0 saturated heterocycles. The predicted molar refractivity (Wildman–Crippen MR) is 149 cm³/mol. The van der Waals surface area contributed by atoms with Crippen molar-refractivity contribution in [3.05, 3.63) is 142 Å². The van der Waals surface area contributed by atoms with Crippen LogP contribution in [0.2, 0.25) is 10.0 Å². The van der Waals surface area contributed by atoms with Crippen molar-refractivity contribution in [1.82, 2.24) is 14.8 Å². The highest BCUT2D eigenvalue weighted by molar-refractivity contribution is 6.42. The van der Waals surface area contributed by atoms with Crippen LogP contribution in [0, 0.1) is 11.3 Å². The van der Waals surface area contributed by atoms with Crippen molar-refractivity contribution in [2.24, 2.45) is 0 Å². The van der Waals surface area contributed by atoms with Gasteiger partial charge in [-0.25, -0.2) is 0 Å². The number of carbonyl (C=O) groups is 1. The molecule has 0 atom stereocenters. The van der Waals surface area contributed by atoms with E-state index < -0.39 is 0 Å². The zero-order valence-electron chi connectivity index (χ0n) is 20.1. The number of hydrogen-bond acceptors (Lipinski definition) is 5. The van der Waals surface area contributed by atoms with Crippen LogP contribution in [0.25, 0.3) is 0 Å². The SMILES string of the molecule is N#Cc1ccc(Cn2cnnc2CN(c2ccc(C(=O)c3ccccc3)cc2)c2ccc(Cl)c(Cl)c2)cc1. The Morgan fingerprint density at radius 1 is 0.842 bits per heavy atom. The van der Waals surface area contributed by atoms with Crippen molar-refractivity contribution in [1.29, 1.82) is 5.26 Å². The second kappa shape index (κ2) is 11.3. The first kappa shape index (κ1) is 25.2. The molecule has 0 unspecified atom stereocenters. The van der Waals surface area contributed by atoms with Crippen molar-refractivity contribution in [3.8, 4) is 6.07 Å². The molecule has 0 bridgehead atoms. The Morgan fingerprint density at radius 2 is 1.53 bits per heavy atom. The molecule has 186 valence electrons. The van der Waals surface area contributed by atoms with Gasteiger partial charge < -0.3 is 9.47 Å². The lowest BCUT2D eigenvalue weighted by molar-refractivity contribution is 0.103. The van der Waals surface area contributed by atoms with Gasteiger partial charge in [0.1, 0.15) is 6.33 Å². The molecular weight excluding hydrogens is 517 g/mol. The number of hydrogen-bond donors (Lipinski definition) is 0. The zero-order valence-corrected chi connectivity index (χ0v) is 21.6. The third kappa shape index (κ3) is 5.60. The molecule has 0 amide bonds. The summed E-state index contributed by atoms with van der Waals surface area (Å²) in [5, 5.41) is 18.5. The maximum Gasteiger partial charge on any atom is 0.193 e. The predicted octanol–water partition coefficient (Wildman–Crippen LogP) is 7.07. The van der Waals surface area contributed by atoms with Crippen LogP contribution in [0.15, 0.2) is 103 Å². The first-order valence-corrected chi connectivity index (χ1v) is 12.6. The number of anilines is 2. The lowest BCUT2D eigenvalue weighted by atomic mass is 10.0. The van der Waals surface area contributed by atoms with E-state index in [2.05, 4.69) is 16.3 Å². The Balaban J connectivity index is 1.45. The van der Waals surface area contributed by atoms with Gasteiger partial charge in [-0.3, -0.25) is 4.79 Å². The Bertz CT molecular complexity index is 1610. The molecule has 0 fully saturated rings. The molecule has 5 rings (SSSR count). The normalized spacial score (nSPS) is 10.7. The van der Waals surface area contributed by atoms with Crippen LogP contribution in [0.4, 0.5) is 11.4 Å². The molecule has 0 radical (unpaired) electrons. The van der Waals surface area contributed by atoms with Crippen LogP contribution < -0.4 is 4.90 Å². The highest BCUT2D eigenvalue weighted by atomic mass is 35.5. The Morgan fingerprint density at radius 3 is 2.21 bits per heavy atom. The molecule has 5 aromatic rings. The molecule has 1 heterocycles. The molecular formula is C30H21Cl2N5O. The van der Waals surface area contributed by atoms with Gasteiger partial charge in [0, 0.05) is 22.5 Å². The lowest BCUT2D eigenvalue weighted by Gasteiger charge is -2.25. The molecule has 4 aromatic carbocycles. The fraction of sp³-hybridized carbons (Fsp3) is 0.0667. The minimum Gasteiger partial charge on any atom is -0.334 e. The van der Waals surface area contributed by atoms with Gasteiger partial charge in [0.25, 0.3) is 0 Å². The number of carbonyl (C=O) groups excluding carboxylic acids is 1. The van der Waals surface area contributed by atoms with Crippen LogP contribution in [0.5, 0.6) is 0 Å². The smallest absolute Gasteiger partial charge is 0.193 e. The number of halogens is 2. The number of nitriles is 1. The minimum atomic E-state index is -0.0413. The third-order valence-corrected chi connectivity index (χ3v) is 6.86. The van der Waals surface area contributed by atoms with Crippen LogP contribution in [0.1, 0.15) is 32.9 Å². The minimum absolute atomic E-state index is 0.0413. The Kier molecular flexibility index (Phi) is 7.50. The van der Waals surface area contributed by atoms with Gasteiger partial charge in [0.2, 0.25) is 0 Å². The number of aromatic nitrogens is 3. The fourth-order valence-electron chi connectivity index (χ4n) is 4.09. The van der Waals surface area contributed by atoms with Gasteiger partial charge >= 0.3 is 0 Å². The maximum atomic E-state index is 12.9. The molecule has 38 heavy (non-hydrogen) atoms. The Labute approximate surface area is 230 Å². The summed E-state index contributed by atoms with van der Waals surface area (Å²) in [4.78, 5) is 14.9. The van der Waals surface area contributed by atoms with E-state index in [9.17, 15) is 4.79 Å². The third-order valence-electron chi connectivity index (χ3n) is 6.12. The largest absolute Gasteiger partial charge is 0.334 e. The van der Waals surface area contributed by atoms with Crippen LogP contribution in [0.3, 0.4) is 0 Å². The number of benzene rings is 4. The molecule has 0 aliphatic rings. The first-order chi connectivity index (χ1) is 18.5. The van der Waals surface area contributed by atoms with E-state index in [1.165, 1.54) is 0 Å². The van der Waals surface area contributed by atoms with Crippen molar-refractivity contribution in [3.63, 3.8) is 0 Å². The van der Waals surface area contributed by atoms with Crippen LogP contribution >= 0.6 is 23.2 Å². The first-order valence-electron chi connectivity index (χ1n) is 11.8. The maximum absolute atomic E-state index is 12.9. The van der Waals surface area contributed by atoms with E-state index in [-0.39, 0.29) is 5.78 Å². The van der Waals surface area contributed by atoms with Crippen LogP contribution in [-0.4, -0.2) is 20.5 Å². The highest BCUT2D eigenvalue weighted by Crippen LogP contribution is 2.33. The van der Waals surface area contributed by atoms with Gasteiger partial charge in [-0.1, -0.05) is 65.7 Å². The van der Waals surface area contributed by atoms with E-state index in [0.29, 0.717) is 39.8 Å². The van der Waals surface area contributed by atoms with E-state index in [1.54, 1.807) is 42.7 Å². The summed E-state index contributed by atoms with van der Waals surface area (Å²) in [7, 11) is 0. The molecule has 6 nitrogen and oxygen atoms in total. The summed E-state index contributed by atoms with van der Waals surface area (Å²) < 4.78 is 1.96. The summed E-state index contributed by atoms with van der Waals surface area (Å²) >= 11 is 12.6. The van der Waals surface area contributed by atoms with E-state index in [4.69, 9.17) is 28.5 Å². The number of nitrogens with zero attached hydrogens (tertiary/aromatic N) is 5. The summed E-state index contributed by atoms with van der Waals surface area (Å²) in [6.45, 7) is 0.938. The van der Waals surface area contributed by atoms with Gasteiger partial charge in [0.15, 0.2) is 11.6 Å². The number of ketones is 1. The van der Waals surface area contributed by atoms with Gasteiger partial charge in [-0.15, -0.1) is 10.2 Å². The van der Waals surface area contributed by atoms with Crippen molar-refractivity contribution >= 4 is 40.4 Å². The standard InChI is InChI=1S/C30H21Cl2N5O/c31-27-15-14-26(16-28(27)32)37(25-12-10-24(11-13-25)30(38)23-4-2-1-3-5-23)19-29-35-34-20-36(29)18-22-8-6-21(17-33)7-9-22/h1-16,20H,18-19H2. The highest BCUT2D eigenvalue weighted by Gasteiger charge is 2.17. The van der Waals surface area contributed by atoms with Crippen LogP contribution in [-0.2, 0) is 13.1 Å². The van der Waals surface area contributed by atoms with Gasteiger partial charge in [-0.05, 0) is 60.2 Å². The monoisotopic (exact) mass is 537 g/mol. The summed E-state index contributed by atoms with van der Waals surface area (Å²) in [6.07, 6.45) is 1.68. The van der Waals surface area contributed by atoms with Crippen molar-refractivity contribution in [2.45, 2.75) is 13.1 Å². The fourth-order valence-corrected chi connectivity index (χ4v) is 4.38. The Hall–Kier alpha value is -4.44. The lowest BCUT2D eigenvalue weighted by Crippen LogP contribution is -2.20. The molecule has 0 aliphatic heterocycles. The van der Waals surface area contributed by atoms with E-state index in [1.807, 2.05) is 70.1 Å². The quantitative estimate of drug-likeness (QED) is 0.198. The summed E-state index contributed by atoms with van der Waals surface area (Å²) in [6, 6.07) is 31.6. The average Bonchev–Trinajstić information content (AvgIpc) is 3.40. The molecule has 1 aromatic heterocycles. The number of rotatable bonds is 8. The molecule has 0 N–H and O–H groups in total. The summed E-state index contributed by atoms with van der Waals surface area (Å²) in [5.74, 6) is 0.685. The molecule has 0 spiro atoms. The van der Waals surface area contributed by atoms with E-state index in [0.717, 1.165) is 22.8 Å². The summed E-state index contributed by atoms with van der Waals surface area (Å²) in [5.41, 5.74) is 4.53. The van der Waals surface area contributed by atoms with Gasteiger partial charge in [0.05, 0.1) is 34.8 Å². The van der Waals surface area contributed by atoms with Crippen molar-refractivity contribution < 1.29 is 4.79 Å². The topological polar surface area (TPSA) is 74.8 Å². The second-order valence-electron chi connectivity index (χ2n) is 8.61.